The number of benzene rings is 2. The van der Waals surface area contributed by atoms with Crippen molar-refractivity contribution >= 4 is 65.0 Å². The minimum atomic E-state index is -1.15. The Balaban J connectivity index is 0.00000533. The number of hydrogen-bond acceptors (Lipinski definition) is 5. The van der Waals surface area contributed by atoms with Gasteiger partial charge in [0.05, 0.1) is 22.5 Å². The van der Waals surface area contributed by atoms with Crippen LogP contribution in [0.25, 0.3) is 0 Å². The molecule has 3 amide bonds. The van der Waals surface area contributed by atoms with Gasteiger partial charge in [-0.1, -0.05) is 41.4 Å². The molecule has 1 saturated heterocycles. The maximum Gasteiger partial charge on any atom is 0.322 e. The smallest absolute Gasteiger partial charge is 0.322 e. The lowest BCUT2D eigenvalue weighted by Crippen LogP contribution is -2.39. The third-order valence-electron chi connectivity index (χ3n) is 6.40. The summed E-state index contributed by atoms with van der Waals surface area (Å²) in [6, 6.07) is 12.2. The Kier molecular flexibility index (Phi) is 13.0. The SMILES string of the molecule is CN(C(=O)Cc1ccc(Cl)c(Cl)c1)C(CN1CCCC1)c1cccc(NC(=O)CCC(=O)NCC(=O)O)c1.Cl. The molecule has 1 unspecified atom stereocenters. The van der Waals surface area contributed by atoms with Gasteiger partial charge in [-0.15, -0.1) is 12.4 Å². The number of likely N-dealkylation sites (tertiary alicyclic amines) is 1. The molecule has 2 aromatic carbocycles. The van der Waals surface area contributed by atoms with E-state index in [0.717, 1.165) is 37.1 Å². The third kappa shape index (κ3) is 10.3. The Morgan fingerprint density at radius 1 is 1.00 bits per heavy atom. The minimum Gasteiger partial charge on any atom is -0.480 e. The van der Waals surface area contributed by atoms with Crippen molar-refractivity contribution in [2.75, 3.05) is 38.5 Å². The Morgan fingerprint density at radius 2 is 1.69 bits per heavy atom. The zero-order valence-corrected chi connectivity index (χ0v) is 23.9. The second-order valence-electron chi connectivity index (χ2n) is 9.30. The largest absolute Gasteiger partial charge is 0.480 e. The molecule has 39 heavy (non-hydrogen) atoms. The predicted octanol–water partition coefficient (Wildman–Crippen LogP) is 4.17. The number of halogens is 3. The van der Waals surface area contributed by atoms with Crippen molar-refractivity contribution in [2.24, 2.45) is 0 Å². The third-order valence-corrected chi connectivity index (χ3v) is 7.14. The fourth-order valence-corrected chi connectivity index (χ4v) is 4.64. The van der Waals surface area contributed by atoms with E-state index in [4.69, 9.17) is 28.3 Å². The van der Waals surface area contributed by atoms with Crippen LogP contribution in [0, 0.1) is 0 Å². The first-order valence-electron chi connectivity index (χ1n) is 12.4. The van der Waals surface area contributed by atoms with Crippen molar-refractivity contribution in [3.05, 3.63) is 63.6 Å². The van der Waals surface area contributed by atoms with Crippen LogP contribution in [-0.2, 0) is 25.6 Å². The van der Waals surface area contributed by atoms with Crippen LogP contribution in [0.1, 0.15) is 42.9 Å². The lowest BCUT2D eigenvalue weighted by atomic mass is 10.0. The van der Waals surface area contributed by atoms with Gasteiger partial charge in [0.2, 0.25) is 17.7 Å². The summed E-state index contributed by atoms with van der Waals surface area (Å²) in [5, 5.41) is 14.5. The van der Waals surface area contributed by atoms with Gasteiger partial charge in [0.25, 0.3) is 0 Å². The average molecular weight is 600 g/mol. The molecule has 0 radical (unpaired) electrons. The second-order valence-corrected chi connectivity index (χ2v) is 10.1. The Morgan fingerprint density at radius 3 is 2.36 bits per heavy atom. The number of nitrogens with zero attached hydrogens (tertiary/aromatic N) is 2. The molecule has 0 bridgehead atoms. The molecule has 0 aliphatic carbocycles. The number of carbonyl (C=O) groups is 4. The van der Waals surface area contributed by atoms with Crippen molar-refractivity contribution in [3.63, 3.8) is 0 Å². The molecular formula is C27H33Cl3N4O5. The first kappa shape index (κ1) is 32.4. The highest BCUT2D eigenvalue weighted by Gasteiger charge is 2.26. The summed E-state index contributed by atoms with van der Waals surface area (Å²) in [4.78, 5) is 52.0. The molecule has 1 aliphatic heterocycles. The van der Waals surface area contributed by atoms with Crippen LogP contribution < -0.4 is 10.6 Å². The number of rotatable bonds is 12. The fourth-order valence-electron chi connectivity index (χ4n) is 4.32. The summed E-state index contributed by atoms with van der Waals surface area (Å²) < 4.78 is 0. The quantitative estimate of drug-likeness (QED) is 0.337. The molecule has 0 aromatic heterocycles. The predicted molar refractivity (Wildman–Crippen MR) is 154 cm³/mol. The van der Waals surface area contributed by atoms with E-state index in [1.807, 2.05) is 18.2 Å². The monoisotopic (exact) mass is 598 g/mol. The van der Waals surface area contributed by atoms with Crippen LogP contribution in [0.15, 0.2) is 42.5 Å². The molecule has 9 nitrogen and oxygen atoms in total. The number of amides is 3. The van der Waals surface area contributed by atoms with Gasteiger partial charge in [0.15, 0.2) is 0 Å². The van der Waals surface area contributed by atoms with E-state index >= 15 is 0 Å². The second kappa shape index (κ2) is 15.7. The topological polar surface area (TPSA) is 119 Å². The standard InChI is InChI=1S/C27H32Cl2N4O5.ClH/c1-32(26(36)14-18-7-8-21(28)22(29)13-18)23(17-33-11-2-3-12-33)19-5-4-6-20(15-19)31-25(35)10-9-24(34)30-16-27(37)38;/h4-8,13,15,23H,2-3,9-12,14,16-17H2,1H3,(H,30,34)(H,31,35)(H,37,38);1H. The van der Waals surface area contributed by atoms with Gasteiger partial charge >= 0.3 is 5.97 Å². The molecule has 3 N–H and O–H groups in total. The highest BCUT2D eigenvalue weighted by atomic mass is 35.5. The van der Waals surface area contributed by atoms with Crippen LogP contribution in [0.3, 0.4) is 0 Å². The lowest BCUT2D eigenvalue weighted by Gasteiger charge is -2.32. The van der Waals surface area contributed by atoms with Gasteiger partial charge in [-0.3, -0.25) is 19.2 Å². The molecule has 212 valence electrons. The van der Waals surface area contributed by atoms with Crippen molar-refractivity contribution in [1.29, 1.82) is 0 Å². The minimum absolute atomic E-state index is 0. The van der Waals surface area contributed by atoms with E-state index in [1.54, 1.807) is 36.2 Å². The summed E-state index contributed by atoms with van der Waals surface area (Å²) in [7, 11) is 1.78. The summed E-state index contributed by atoms with van der Waals surface area (Å²) in [5.74, 6) is -2.10. The van der Waals surface area contributed by atoms with Crippen molar-refractivity contribution in [2.45, 2.75) is 38.1 Å². The number of carboxylic acid groups (broad SMARTS) is 1. The first-order valence-corrected chi connectivity index (χ1v) is 13.2. The molecule has 1 heterocycles. The summed E-state index contributed by atoms with van der Waals surface area (Å²) in [6.45, 7) is 2.10. The van der Waals surface area contributed by atoms with Crippen LogP contribution in [-0.4, -0.2) is 71.8 Å². The van der Waals surface area contributed by atoms with E-state index < -0.39 is 18.4 Å². The number of carboxylic acids is 1. The number of nitrogens with one attached hydrogen (secondary N) is 2. The van der Waals surface area contributed by atoms with Gasteiger partial charge in [-0.05, 0) is 61.3 Å². The summed E-state index contributed by atoms with van der Waals surface area (Å²) in [5.41, 5.74) is 2.19. The van der Waals surface area contributed by atoms with Crippen molar-refractivity contribution in [1.82, 2.24) is 15.1 Å². The number of aliphatic carboxylic acids is 1. The lowest BCUT2D eigenvalue weighted by molar-refractivity contribution is -0.138. The van der Waals surface area contributed by atoms with E-state index in [1.165, 1.54) is 0 Å². The van der Waals surface area contributed by atoms with Gasteiger partial charge in [0, 0.05) is 32.1 Å². The van der Waals surface area contributed by atoms with Crippen LogP contribution in [0.5, 0.6) is 0 Å². The van der Waals surface area contributed by atoms with Crippen LogP contribution in [0.2, 0.25) is 10.0 Å². The van der Waals surface area contributed by atoms with Crippen LogP contribution >= 0.6 is 35.6 Å². The molecule has 12 heteroatoms. The van der Waals surface area contributed by atoms with E-state index in [0.29, 0.717) is 22.3 Å². The number of carbonyl (C=O) groups excluding carboxylic acids is 3. The highest BCUT2D eigenvalue weighted by molar-refractivity contribution is 6.42. The van der Waals surface area contributed by atoms with Gasteiger partial charge in [0.1, 0.15) is 6.54 Å². The van der Waals surface area contributed by atoms with E-state index in [-0.39, 0.29) is 49.5 Å². The molecule has 1 fully saturated rings. The van der Waals surface area contributed by atoms with Crippen molar-refractivity contribution < 1.29 is 24.3 Å². The molecule has 1 atom stereocenters. The molecule has 0 saturated carbocycles. The highest BCUT2D eigenvalue weighted by Crippen LogP contribution is 2.27. The first-order chi connectivity index (χ1) is 18.1. The fraction of sp³-hybridized carbons (Fsp3) is 0.407. The number of likely N-dealkylation sites (N-methyl/N-ethyl adjacent to an activating group) is 1. The Labute approximate surface area is 244 Å². The zero-order valence-electron chi connectivity index (χ0n) is 21.6. The van der Waals surface area contributed by atoms with Gasteiger partial charge in [-0.2, -0.15) is 0 Å². The molecule has 2 aromatic rings. The maximum absolute atomic E-state index is 13.3. The Hall–Kier alpha value is -2.85. The molecule has 1 aliphatic rings. The normalized spacial score (nSPS) is 13.7. The molecule has 0 spiro atoms. The molecular weight excluding hydrogens is 567 g/mol. The zero-order chi connectivity index (χ0) is 27.7. The maximum atomic E-state index is 13.3. The van der Waals surface area contributed by atoms with Crippen LogP contribution in [0.4, 0.5) is 5.69 Å². The van der Waals surface area contributed by atoms with Gasteiger partial charge < -0.3 is 25.5 Å². The average Bonchev–Trinajstić information content (AvgIpc) is 3.40. The Bertz CT molecular complexity index is 1170. The van der Waals surface area contributed by atoms with E-state index in [2.05, 4.69) is 15.5 Å². The molecule has 3 rings (SSSR count). The van der Waals surface area contributed by atoms with E-state index in [9.17, 15) is 19.2 Å². The van der Waals surface area contributed by atoms with Crippen molar-refractivity contribution in [3.8, 4) is 0 Å². The number of anilines is 1. The summed E-state index contributed by atoms with van der Waals surface area (Å²) >= 11 is 12.1. The van der Waals surface area contributed by atoms with Gasteiger partial charge in [-0.25, -0.2) is 0 Å². The number of hydrogen-bond donors (Lipinski definition) is 3. The summed E-state index contributed by atoms with van der Waals surface area (Å²) in [6.07, 6.45) is 2.19.